The minimum Gasteiger partial charge on any atom is -0.367 e. The summed E-state index contributed by atoms with van der Waals surface area (Å²) in [4.78, 5) is 19.0. The lowest BCUT2D eigenvalue weighted by atomic mass is 10.1. The van der Waals surface area contributed by atoms with Crippen molar-refractivity contribution in [1.29, 1.82) is 0 Å². The molecule has 2 atom stereocenters. The van der Waals surface area contributed by atoms with Crippen LogP contribution < -0.4 is 0 Å². The highest BCUT2D eigenvalue weighted by atomic mass is 16.5. The summed E-state index contributed by atoms with van der Waals surface area (Å²) in [6.45, 7) is 3.42. The zero-order valence-corrected chi connectivity index (χ0v) is 13.9. The molecule has 0 aliphatic carbocycles. The van der Waals surface area contributed by atoms with Crippen LogP contribution in [0, 0.1) is 0 Å². The largest absolute Gasteiger partial charge is 0.367 e. The van der Waals surface area contributed by atoms with E-state index in [2.05, 4.69) is 15.2 Å². The molecule has 1 N–H and O–H groups in total. The second kappa shape index (κ2) is 7.55. The van der Waals surface area contributed by atoms with Crippen LogP contribution in [0.15, 0.2) is 30.3 Å². The predicted octanol–water partition coefficient (Wildman–Crippen LogP) is 1.65. The van der Waals surface area contributed by atoms with Gasteiger partial charge in [-0.15, -0.1) is 0 Å². The number of aromatic amines is 1. The van der Waals surface area contributed by atoms with Gasteiger partial charge in [0, 0.05) is 20.1 Å². The number of nitrogens with zero attached hydrogens (tertiary/aromatic N) is 3. The van der Waals surface area contributed by atoms with E-state index in [1.165, 1.54) is 0 Å². The number of rotatable bonds is 5. The Balaban J connectivity index is 1.72. The Hall–Kier alpha value is -2.25. The number of nitrogens with one attached hydrogen (secondary N) is 1. The number of carbonyl (C=O) groups is 1. The van der Waals surface area contributed by atoms with Crippen LogP contribution in [0.4, 0.5) is 0 Å². The van der Waals surface area contributed by atoms with Gasteiger partial charge in [-0.3, -0.25) is 9.89 Å². The normalized spacial score (nSPS) is 19.2. The van der Waals surface area contributed by atoms with Crippen LogP contribution in [-0.2, 0) is 20.7 Å². The molecule has 24 heavy (non-hydrogen) atoms. The number of aryl methyl sites for hydroxylation is 1. The highest BCUT2D eigenvalue weighted by molar-refractivity contribution is 5.82. The van der Waals surface area contributed by atoms with Crippen molar-refractivity contribution in [3.05, 3.63) is 47.5 Å². The van der Waals surface area contributed by atoms with Gasteiger partial charge in [-0.2, -0.15) is 5.10 Å². The molecule has 0 saturated carbocycles. The Morgan fingerprint density at radius 1 is 1.46 bits per heavy atom. The fraction of sp³-hybridized carbons (Fsp3) is 0.471. The van der Waals surface area contributed by atoms with Crippen LogP contribution in [0.25, 0.3) is 0 Å². The number of H-pyrrole nitrogens is 1. The van der Waals surface area contributed by atoms with Gasteiger partial charge in [0.1, 0.15) is 11.9 Å². The van der Waals surface area contributed by atoms with Gasteiger partial charge >= 0.3 is 0 Å². The minimum atomic E-state index is -0.608. The fourth-order valence-corrected chi connectivity index (χ4v) is 2.79. The molecule has 7 nitrogen and oxygen atoms in total. The van der Waals surface area contributed by atoms with Crippen molar-refractivity contribution in [2.24, 2.45) is 0 Å². The van der Waals surface area contributed by atoms with Crippen molar-refractivity contribution in [2.75, 3.05) is 26.8 Å². The van der Waals surface area contributed by atoms with Gasteiger partial charge in [-0.05, 0) is 5.56 Å². The molecule has 1 aliphatic rings. The Morgan fingerprint density at radius 3 is 2.92 bits per heavy atom. The predicted molar refractivity (Wildman–Crippen MR) is 87.2 cm³/mol. The number of hydrogen-bond donors (Lipinski definition) is 1. The van der Waals surface area contributed by atoms with Crippen molar-refractivity contribution in [3.8, 4) is 0 Å². The number of aromatic nitrogens is 3. The standard InChI is InChI=1S/C17H22N4O3/c1-3-14-18-16(20-19-14)13-11-21(9-10-24-13)17(22)15(23-2)12-7-5-4-6-8-12/h4-8,13,15H,3,9-11H2,1-2H3,(H,18,19,20). The zero-order chi connectivity index (χ0) is 16.9. The van der Waals surface area contributed by atoms with Gasteiger partial charge < -0.3 is 14.4 Å². The van der Waals surface area contributed by atoms with Crippen LogP contribution in [0.2, 0.25) is 0 Å². The molecular weight excluding hydrogens is 308 g/mol. The summed E-state index contributed by atoms with van der Waals surface area (Å²) in [6, 6.07) is 9.51. The molecule has 1 amide bonds. The summed E-state index contributed by atoms with van der Waals surface area (Å²) in [5.41, 5.74) is 0.846. The lowest BCUT2D eigenvalue weighted by Gasteiger charge is -2.33. The van der Waals surface area contributed by atoms with Gasteiger partial charge in [0.25, 0.3) is 5.91 Å². The molecule has 0 bridgehead atoms. The molecule has 0 spiro atoms. The highest BCUT2D eigenvalue weighted by Gasteiger charge is 2.32. The van der Waals surface area contributed by atoms with Crippen molar-refractivity contribution in [2.45, 2.75) is 25.6 Å². The van der Waals surface area contributed by atoms with Crippen molar-refractivity contribution >= 4 is 5.91 Å². The number of hydrogen-bond acceptors (Lipinski definition) is 5. The van der Waals surface area contributed by atoms with Gasteiger partial charge in [0.2, 0.25) is 0 Å². The second-order valence-electron chi connectivity index (χ2n) is 5.66. The van der Waals surface area contributed by atoms with Gasteiger partial charge in [0.05, 0.1) is 13.2 Å². The average molecular weight is 330 g/mol. The maximum Gasteiger partial charge on any atom is 0.256 e. The SMILES string of the molecule is CCc1nc(C2CN(C(=O)C(OC)c3ccccc3)CCO2)n[nH]1. The van der Waals surface area contributed by atoms with Crippen molar-refractivity contribution in [1.82, 2.24) is 20.1 Å². The Kier molecular flexibility index (Phi) is 5.22. The summed E-state index contributed by atoms with van der Waals surface area (Å²) in [5, 5.41) is 7.08. The van der Waals surface area contributed by atoms with E-state index in [1.54, 1.807) is 12.0 Å². The molecule has 3 rings (SSSR count). The molecule has 1 aromatic carbocycles. The number of methoxy groups -OCH3 is 1. The lowest BCUT2D eigenvalue weighted by Crippen LogP contribution is -2.45. The van der Waals surface area contributed by atoms with Gasteiger partial charge in [0.15, 0.2) is 11.9 Å². The number of benzene rings is 1. The summed E-state index contributed by atoms with van der Waals surface area (Å²) in [5.74, 6) is 1.34. The Labute approximate surface area is 141 Å². The van der Waals surface area contributed by atoms with E-state index in [1.807, 2.05) is 37.3 Å². The van der Waals surface area contributed by atoms with E-state index in [0.717, 1.165) is 17.8 Å². The minimum absolute atomic E-state index is 0.0664. The number of ether oxygens (including phenoxy) is 2. The first-order chi connectivity index (χ1) is 11.7. The molecule has 2 aromatic rings. The van der Waals surface area contributed by atoms with Crippen LogP contribution in [-0.4, -0.2) is 52.8 Å². The van der Waals surface area contributed by atoms with Gasteiger partial charge in [-0.1, -0.05) is 37.3 Å². The monoisotopic (exact) mass is 330 g/mol. The van der Waals surface area contributed by atoms with E-state index in [9.17, 15) is 4.79 Å². The molecular formula is C17H22N4O3. The third kappa shape index (κ3) is 3.47. The summed E-state index contributed by atoms with van der Waals surface area (Å²) >= 11 is 0. The van der Waals surface area contributed by atoms with Crippen LogP contribution in [0.5, 0.6) is 0 Å². The molecule has 2 heterocycles. The Morgan fingerprint density at radius 2 is 2.25 bits per heavy atom. The van der Waals surface area contributed by atoms with Crippen molar-refractivity contribution < 1.29 is 14.3 Å². The zero-order valence-electron chi connectivity index (χ0n) is 13.9. The highest BCUT2D eigenvalue weighted by Crippen LogP contribution is 2.24. The summed E-state index contributed by atoms with van der Waals surface area (Å²) in [6.07, 6.45) is -0.141. The maximum absolute atomic E-state index is 12.9. The Bertz CT molecular complexity index is 673. The topological polar surface area (TPSA) is 80.3 Å². The first-order valence-electron chi connectivity index (χ1n) is 8.12. The summed E-state index contributed by atoms with van der Waals surface area (Å²) in [7, 11) is 1.55. The first kappa shape index (κ1) is 16.6. The second-order valence-corrected chi connectivity index (χ2v) is 5.66. The quantitative estimate of drug-likeness (QED) is 0.902. The number of morpholine rings is 1. The van der Waals surface area contributed by atoms with Crippen LogP contribution in [0.3, 0.4) is 0 Å². The molecule has 1 aliphatic heterocycles. The molecule has 2 unspecified atom stereocenters. The maximum atomic E-state index is 12.9. The molecule has 0 radical (unpaired) electrons. The molecule has 128 valence electrons. The van der Waals surface area contributed by atoms with E-state index >= 15 is 0 Å². The smallest absolute Gasteiger partial charge is 0.256 e. The third-order valence-corrected chi connectivity index (χ3v) is 4.11. The van der Waals surface area contributed by atoms with E-state index in [0.29, 0.717) is 25.5 Å². The third-order valence-electron chi connectivity index (χ3n) is 4.11. The molecule has 7 heteroatoms. The fourth-order valence-electron chi connectivity index (χ4n) is 2.79. The number of amides is 1. The van der Waals surface area contributed by atoms with Crippen LogP contribution >= 0.6 is 0 Å². The lowest BCUT2D eigenvalue weighted by molar-refractivity contribution is -0.150. The van der Waals surface area contributed by atoms with E-state index in [-0.39, 0.29) is 12.0 Å². The molecule has 1 fully saturated rings. The summed E-state index contributed by atoms with van der Waals surface area (Å²) < 4.78 is 11.2. The average Bonchev–Trinajstić information content (AvgIpc) is 3.12. The first-order valence-corrected chi connectivity index (χ1v) is 8.12. The van der Waals surface area contributed by atoms with E-state index < -0.39 is 6.10 Å². The molecule has 1 saturated heterocycles. The van der Waals surface area contributed by atoms with E-state index in [4.69, 9.17) is 9.47 Å². The van der Waals surface area contributed by atoms with Gasteiger partial charge in [-0.25, -0.2) is 4.98 Å². The van der Waals surface area contributed by atoms with Crippen LogP contribution in [0.1, 0.15) is 36.3 Å². The number of carbonyl (C=O) groups excluding carboxylic acids is 1. The van der Waals surface area contributed by atoms with Crippen molar-refractivity contribution in [3.63, 3.8) is 0 Å². The molecule has 1 aromatic heterocycles.